The number of hydrogen-bond donors (Lipinski definition) is 2. The zero-order valence-electron chi connectivity index (χ0n) is 11.1. The summed E-state index contributed by atoms with van der Waals surface area (Å²) in [5, 5.41) is 14.6. The highest BCUT2D eigenvalue weighted by Crippen LogP contribution is 2.37. The quantitative estimate of drug-likeness (QED) is 0.809. The highest BCUT2D eigenvalue weighted by Gasteiger charge is 2.42. The lowest BCUT2D eigenvalue weighted by atomic mass is 9.78. The Kier molecular flexibility index (Phi) is 2.73. The Balaban J connectivity index is 1.73. The van der Waals surface area contributed by atoms with Gasteiger partial charge in [-0.05, 0) is 30.5 Å². The average Bonchev–Trinajstić information content (AvgIpc) is 2.46. The molecule has 0 saturated carbocycles. The van der Waals surface area contributed by atoms with E-state index < -0.39 is 5.60 Å². The Hall–Kier alpha value is -1.56. The molecule has 2 N–H and O–H groups in total. The van der Waals surface area contributed by atoms with Gasteiger partial charge in [-0.3, -0.25) is 9.97 Å². The molecule has 2 aliphatic rings. The third-order valence-electron chi connectivity index (χ3n) is 4.28. The van der Waals surface area contributed by atoms with E-state index in [0.29, 0.717) is 26.1 Å². The lowest BCUT2D eigenvalue weighted by Crippen LogP contribution is -2.58. The van der Waals surface area contributed by atoms with Crippen LogP contribution in [0.3, 0.4) is 0 Å². The maximum atomic E-state index is 11.1. The van der Waals surface area contributed by atoms with Gasteiger partial charge in [0.05, 0.1) is 29.8 Å². The Bertz CT molecular complexity index is 634. The van der Waals surface area contributed by atoms with E-state index in [9.17, 15) is 5.11 Å². The van der Waals surface area contributed by atoms with Gasteiger partial charge in [0.15, 0.2) is 0 Å². The van der Waals surface area contributed by atoms with Crippen molar-refractivity contribution in [3.8, 4) is 0 Å². The zero-order chi connectivity index (χ0) is 13.6. The first-order chi connectivity index (χ1) is 9.73. The van der Waals surface area contributed by atoms with Gasteiger partial charge in [-0.1, -0.05) is 6.07 Å². The molecular weight excluding hydrogens is 254 g/mol. The molecule has 2 saturated heterocycles. The molecule has 2 bridgehead atoms. The predicted molar refractivity (Wildman–Crippen MR) is 74.2 cm³/mol. The van der Waals surface area contributed by atoms with E-state index in [2.05, 4.69) is 15.3 Å². The maximum absolute atomic E-state index is 11.1. The summed E-state index contributed by atoms with van der Waals surface area (Å²) in [6, 6.07) is 6.32. The number of nitrogens with zero attached hydrogens (tertiary/aromatic N) is 2. The topological polar surface area (TPSA) is 67.3 Å². The Morgan fingerprint density at radius 3 is 2.55 bits per heavy atom. The monoisotopic (exact) mass is 271 g/mol. The Morgan fingerprint density at radius 1 is 1.10 bits per heavy atom. The lowest BCUT2D eigenvalue weighted by Gasteiger charge is -2.45. The molecule has 0 amide bonds. The van der Waals surface area contributed by atoms with Crippen molar-refractivity contribution in [1.82, 2.24) is 15.3 Å². The number of benzene rings is 1. The second kappa shape index (κ2) is 4.48. The van der Waals surface area contributed by atoms with E-state index in [1.165, 1.54) is 0 Å². The summed E-state index contributed by atoms with van der Waals surface area (Å²) in [7, 11) is 0. The molecule has 2 aromatic rings. The molecule has 0 radical (unpaired) electrons. The number of aliphatic hydroxyl groups is 1. The van der Waals surface area contributed by atoms with Crippen LogP contribution in [0.5, 0.6) is 0 Å². The van der Waals surface area contributed by atoms with Crippen LogP contribution in [0.2, 0.25) is 0 Å². The van der Waals surface area contributed by atoms with E-state index in [1.54, 1.807) is 12.4 Å². The van der Waals surface area contributed by atoms with E-state index >= 15 is 0 Å². The fourth-order valence-electron chi connectivity index (χ4n) is 3.40. The summed E-state index contributed by atoms with van der Waals surface area (Å²) in [4.78, 5) is 8.60. The molecule has 0 spiro atoms. The number of rotatable bonds is 1. The summed E-state index contributed by atoms with van der Waals surface area (Å²) in [5.74, 6) is 0. The standard InChI is InChI=1S/C15H17N3O2/c19-15(6-11-8-20-9-12(7-15)18-11)10-1-2-13-14(5-10)17-4-3-16-13/h1-5,11-12,18-19H,6-9H2. The summed E-state index contributed by atoms with van der Waals surface area (Å²) < 4.78 is 5.54. The van der Waals surface area contributed by atoms with Crippen molar-refractivity contribution >= 4 is 11.0 Å². The van der Waals surface area contributed by atoms with Gasteiger partial charge >= 0.3 is 0 Å². The van der Waals surface area contributed by atoms with Gasteiger partial charge in [0, 0.05) is 24.5 Å². The van der Waals surface area contributed by atoms with Crippen LogP contribution in [0.15, 0.2) is 30.6 Å². The van der Waals surface area contributed by atoms with Gasteiger partial charge in [-0.2, -0.15) is 0 Å². The highest BCUT2D eigenvalue weighted by molar-refractivity contribution is 5.74. The number of aromatic nitrogens is 2. The summed E-state index contributed by atoms with van der Waals surface area (Å²) in [6.45, 7) is 1.35. The molecule has 2 unspecified atom stereocenters. The van der Waals surface area contributed by atoms with Gasteiger partial charge in [0.2, 0.25) is 0 Å². The molecule has 5 heteroatoms. The number of hydrogen-bond acceptors (Lipinski definition) is 5. The molecule has 1 aromatic heterocycles. The molecule has 2 aliphatic heterocycles. The fourth-order valence-corrected chi connectivity index (χ4v) is 3.40. The van der Waals surface area contributed by atoms with Crippen LogP contribution in [0, 0.1) is 0 Å². The molecule has 2 fully saturated rings. The van der Waals surface area contributed by atoms with Gasteiger partial charge in [0.1, 0.15) is 0 Å². The van der Waals surface area contributed by atoms with Crippen LogP contribution in [-0.2, 0) is 10.3 Å². The van der Waals surface area contributed by atoms with Crippen LogP contribution in [0.4, 0.5) is 0 Å². The molecule has 20 heavy (non-hydrogen) atoms. The van der Waals surface area contributed by atoms with Gasteiger partial charge < -0.3 is 15.2 Å². The molecule has 2 atom stereocenters. The lowest BCUT2D eigenvalue weighted by molar-refractivity contribution is -0.0801. The number of fused-ring (bicyclic) bond motifs is 3. The Morgan fingerprint density at radius 2 is 1.80 bits per heavy atom. The van der Waals surface area contributed by atoms with E-state index in [-0.39, 0.29) is 12.1 Å². The third-order valence-corrected chi connectivity index (χ3v) is 4.28. The van der Waals surface area contributed by atoms with E-state index in [1.807, 2.05) is 18.2 Å². The fraction of sp³-hybridized carbons (Fsp3) is 0.467. The average molecular weight is 271 g/mol. The Labute approximate surface area is 117 Å². The minimum atomic E-state index is -0.796. The molecule has 104 valence electrons. The van der Waals surface area contributed by atoms with Crippen molar-refractivity contribution in [2.24, 2.45) is 0 Å². The van der Waals surface area contributed by atoms with Crippen molar-refractivity contribution in [2.75, 3.05) is 13.2 Å². The molecule has 5 nitrogen and oxygen atoms in total. The van der Waals surface area contributed by atoms with Crippen LogP contribution in [0.25, 0.3) is 11.0 Å². The van der Waals surface area contributed by atoms with Crippen LogP contribution in [-0.4, -0.2) is 40.4 Å². The van der Waals surface area contributed by atoms with Gasteiger partial charge in [-0.25, -0.2) is 0 Å². The second-order valence-electron chi connectivity index (χ2n) is 5.80. The molecule has 1 aromatic carbocycles. The first kappa shape index (κ1) is 12.2. The van der Waals surface area contributed by atoms with Gasteiger partial charge in [-0.15, -0.1) is 0 Å². The number of nitrogens with one attached hydrogen (secondary N) is 1. The normalized spacial score (nSPS) is 33.2. The van der Waals surface area contributed by atoms with Gasteiger partial charge in [0.25, 0.3) is 0 Å². The predicted octanol–water partition coefficient (Wildman–Crippen LogP) is 0.968. The highest BCUT2D eigenvalue weighted by atomic mass is 16.5. The first-order valence-electron chi connectivity index (χ1n) is 7.00. The van der Waals surface area contributed by atoms with Crippen molar-refractivity contribution in [3.05, 3.63) is 36.2 Å². The number of morpholine rings is 1. The largest absolute Gasteiger partial charge is 0.385 e. The van der Waals surface area contributed by atoms with E-state index in [4.69, 9.17) is 4.74 Å². The molecule has 4 rings (SSSR count). The number of piperidine rings is 1. The van der Waals surface area contributed by atoms with Crippen molar-refractivity contribution in [1.29, 1.82) is 0 Å². The van der Waals surface area contributed by atoms with Crippen molar-refractivity contribution in [2.45, 2.75) is 30.5 Å². The molecule has 0 aliphatic carbocycles. The smallest absolute Gasteiger partial charge is 0.0928 e. The SMILES string of the molecule is OC1(c2ccc3nccnc3c2)CC2COCC(C1)N2. The minimum Gasteiger partial charge on any atom is -0.385 e. The second-order valence-corrected chi connectivity index (χ2v) is 5.80. The molecular formula is C15H17N3O2. The first-order valence-corrected chi connectivity index (χ1v) is 7.00. The minimum absolute atomic E-state index is 0.227. The summed E-state index contributed by atoms with van der Waals surface area (Å²) in [5.41, 5.74) is 1.83. The van der Waals surface area contributed by atoms with Crippen LogP contribution < -0.4 is 5.32 Å². The summed E-state index contributed by atoms with van der Waals surface area (Å²) in [6.07, 6.45) is 4.72. The van der Waals surface area contributed by atoms with Crippen LogP contribution in [0.1, 0.15) is 18.4 Å². The zero-order valence-corrected chi connectivity index (χ0v) is 11.1. The van der Waals surface area contributed by atoms with E-state index in [0.717, 1.165) is 16.6 Å². The van der Waals surface area contributed by atoms with Crippen molar-refractivity contribution in [3.63, 3.8) is 0 Å². The maximum Gasteiger partial charge on any atom is 0.0928 e. The molecule has 3 heterocycles. The van der Waals surface area contributed by atoms with Crippen molar-refractivity contribution < 1.29 is 9.84 Å². The summed E-state index contributed by atoms with van der Waals surface area (Å²) >= 11 is 0. The van der Waals surface area contributed by atoms with Crippen LogP contribution >= 0.6 is 0 Å². The third kappa shape index (κ3) is 1.98. The number of ether oxygens (including phenoxy) is 1.